The van der Waals surface area contributed by atoms with E-state index in [1.807, 2.05) is 0 Å². The first-order chi connectivity index (χ1) is 20.2. The van der Waals surface area contributed by atoms with E-state index in [0.29, 0.717) is 11.1 Å². The third kappa shape index (κ3) is 5.25. The van der Waals surface area contributed by atoms with Gasteiger partial charge in [-0.05, 0) is 52.3 Å². The molecule has 5 saturated heterocycles. The van der Waals surface area contributed by atoms with Gasteiger partial charge < -0.3 is 28.4 Å². The van der Waals surface area contributed by atoms with E-state index in [0.717, 1.165) is 0 Å². The van der Waals surface area contributed by atoms with Crippen molar-refractivity contribution in [3.63, 3.8) is 0 Å². The van der Waals surface area contributed by atoms with Gasteiger partial charge in [-0.2, -0.15) is 0 Å². The Morgan fingerprint density at radius 1 is 0.907 bits per heavy atom. The van der Waals surface area contributed by atoms with Crippen LogP contribution in [0.3, 0.4) is 0 Å². The number of H-pyrrole nitrogens is 1. The van der Waals surface area contributed by atoms with Crippen LogP contribution in [-0.2, 0) is 46.6 Å². The molecule has 0 amide bonds. The number of rotatable bonds is 5. The molecule has 5 aliphatic rings. The summed E-state index contributed by atoms with van der Waals surface area (Å²) in [6.07, 6.45) is -6.18. The number of nitrogens with one attached hydrogen (secondary N) is 1. The molecule has 2 aromatic rings. The highest BCUT2D eigenvalue weighted by Crippen LogP contribution is 2.63. The molecule has 0 saturated carbocycles. The summed E-state index contributed by atoms with van der Waals surface area (Å²) in [7, 11) is -4.35. The first-order valence-electron chi connectivity index (χ1n) is 13.9. The van der Waals surface area contributed by atoms with Crippen molar-refractivity contribution in [1.82, 2.24) is 9.55 Å². The minimum absolute atomic E-state index is 0.297. The molecular formula is C27H32FN2O12P. The van der Waals surface area contributed by atoms with Crippen LogP contribution in [0.2, 0.25) is 0 Å². The fraction of sp³-hybridized carbons (Fsp3) is 0.630. The maximum absolute atomic E-state index is 14.1. The highest BCUT2D eigenvalue weighted by molar-refractivity contribution is 7.48. The first kappa shape index (κ1) is 29.4. The van der Waals surface area contributed by atoms with Crippen molar-refractivity contribution < 1.29 is 50.9 Å². The number of halogens is 1. The van der Waals surface area contributed by atoms with Gasteiger partial charge in [0.25, 0.3) is 5.56 Å². The molecule has 0 radical (unpaired) electrons. The lowest BCUT2D eigenvalue weighted by Crippen LogP contribution is -2.43. The molecule has 234 valence electrons. The van der Waals surface area contributed by atoms with E-state index in [1.54, 1.807) is 34.6 Å². The third-order valence-electron chi connectivity index (χ3n) is 7.96. The second kappa shape index (κ2) is 10.1. The summed E-state index contributed by atoms with van der Waals surface area (Å²) in [5.74, 6) is -2.45. The molecule has 14 nitrogen and oxygen atoms in total. The van der Waals surface area contributed by atoms with Crippen LogP contribution in [0, 0.1) is 12.7 Å². The fourth-order valence-electron chi connectivity index (χ4n) is 6.16. The summed E-state index contributed by atoms with van der Waals surface area (Å²) < 4.78 is 83.0. The molecule has 5 aliphatic heterocycles. The van der Waals surface area contributed by atoms with Crippen LogP contribution in [0.4, 0.5) is 4.39 Å². The summed E-state index contributed by atoms with van der Waals surface area (Å²) in [6.45, 7) is 8.10. The lowest BCUT2D eigenvalue weighted by molar-refractivity contribution is -0.232. The minimum Gasteiger partial charge on any atom is -0.346 e. The van der Waals surface area contributed by atoms with Crippen LogP contribution in [0.1, 0.15) is 51.2 Å². The van der Waals surface area contributed by atoms with Crippen LogP contribution in [0.25, 0.3) is 0 Å². The lowest BCUT2D eigenvalue weighted by atomic mass is 9.99. The Labute approximate surface area is 244 Å². The van der Waals surface area contributed by atoms with E-state index in [9.17, 15) is 18.5 Å². The molecule has 43 heavy (non-hydrogen) atoms. The lowest BCUT2D eigenvalue weighted by Gasteiger charge is -2.38. The number of benzene rings is 1. The van der Waals surface area contributed by atoms with Gasteiger partial charge in [0.05, 0.1) is 6.61 Å². The molecule has 10 atom stereocenters. The van der Waals surface area contributed by atoms with Gasteiger partial charge in [-0.25, -0.2) is 13.8 Å². The van der Waals surface area contributed by atoms with Crippen molar-refractivity contribution in [1.29, 1.82) is 0 Å². The number of phosphoric acid groups is 1. The van der Waals surface area contributed by atoms with Crippen molar-refractivity contribution in [3.05, 3.63) is 68.2 Å². The molecule has 0 aliphatic carbocycles. The van der Waals surface area contributed by atoms with E-state index in [1.165, 1.54) is 35.0 Å². The Hall–Kier alpha value is -2.30. The predicted octanol–water partition coefficient (Wildman–Crippen LogP) is 2.56. The van der Waals surface area contributed by atoms with Crippen LogP contribution >= 0.6 is 7.82 Å². The number of fused-ring (bicyclic) bond motifs is 4. The molecule has 5 fully saturated rings. The van der Waals surface area contributed by atoms with E-state index in [-0.39, 0.29) is 6.61 Å². The van der Waals surface area contributed by atoms with Crippen molar-refractivity contribution in [2.75, 3.05) is 6.61 Å². The Morgan fingerprint density at radius 2 is 1.58 bits per heavy atom. The molecule has 1 aromatic heterocycles. The Bertz CT molecular complexity index is 1580. The van der Waals surface area contributed by atoms with Gasteiger partial charge in [0, 0.05) is 11.8 Å². The van der Waals surface area contributed by atoms with Crippen molar-refractivity contribution in [3.8, 4) is 0 Å². The molecule has 1 aromatic carbocycles. The zero-order valence-electron chi connectivity index (χ0n) is 24.0. The molecule has 0 unspecified atom stereocenters. The summed E-state index contributed by atoms with van der Waals surface area (Å²) >= 11 is 0. The molecule has 0 spiro atoms. The average Bonchev–Trinajstić information content (AvgIpc) is 3.61. The van der Waals surface area contributed by atoms with E-state index >= 15 is 0 Å². The largest absolute Gasteiger partial charge is 0.476 e. The Kier molecular flexibility index (Phi) is 6.91. The molecular weight excluding hydrogens is 594 g/mol. The van der Waals surface area contributed by atoms with Gasteiger partial charge in [-0.3, -0.25) is 27.9 Å². The number of nitrogens with zero attached hydrogens (tertiary/aromatic N) is 1. The van der Waals surface area contributed by atoms with Crippen LogP contribution in [0.15, 0.2) is 40.1 Å². The maximum atomic E-state index is 14.1. The van der Waals surface area contributed by atoms with Crippen LogP contribution in [-0.4, -0.2) is 70.6 Å². The topological polar surface area (TPSA) is 155 Å². The number of hydrogen-bond acceptors (Lipinski definition) is 12. The fourth-order valence-corrected chi connectivity index (χ4v) is 7.72. The standard InChI is InChI=1S/C27H32FN2O12P/c1-12-10-30(25(32)29-22(12)31)23-20-17(37-26(2,3)38-20)15(35-23)11-34-43(33)41-16(13-6-8-14(28)9-7-13)18-19(42-43)21-24(36-18)40-27(4,5)39-21/h6-10,15-21,23-24H,11H2,1-5H3,(H,29,31,32)/t15-,16+,17-,18-,19+,20-,21-,23-,24-,43-/m1/s1. The van der Waals surface area contributed by atoms with Gasteiger partial charge in [-0.15, -0.1) is 0 Å². The zero-order valence-corrected chi connectivity index (χ0v) is 24.9. The maximum Gasteiger partial charge on any atom is 0.476 e. The Morgan fingerprint density at radius 3 is 2.33 bits per heavy atom. The summed E-state index contributed by atoms with van der Waals surface area (Å²) in [5.41, 5.74) is -0.420. The quantitative estimate of drug-likeness (QED) is 0.485. The average molecular weight is 627 g/mol. The summed E-state index contributed by atoms with van der Waals surface area (Å²) in [5, 5.41) is 0. The first-order valence-corrected chi connectivity index (χ1v) is 15.4. The summed E-state index contributed by atoms with van der Waals surface area (Å²) in [4.78, 5) is 26.9. The van der Waals surface area contributed by atoms with E-state index in [2.05, 4.69) is 4.98 Å². The van der Waals surface area contributed by atoms with E-state index in [4.69, 9.17) is 42.0 Å². The normalized spacial score (nSPS) is 40.7. The number of hydrogen-bond donors (Lipinski definition) is 1. The van der Waals surface area contributed by atoms with Crippen molar-refractivity contribution in [2.45, 2.75) is 101 Å². The van der Waals surface area contributed by atoms with Crippen LogP contribution < -0.4 is 11.2 Å². The van der Waals surface area contributed by atoms with Gasteiger partial charge in [0.2, 0.25) is 0 Å². The molecule has 1 N–H and O–H groups in total. The molecule has 6 heterocycles. The van der Waals surface area contributed by atoms with Gasteiger partial charge in [0.1, 0.15) is 48.5 Å². The number of aryl methyl sites for hydroxylation is 1. The number of aromatic amines is 1. The predicted molar refractivity (Wildman–Crippen MR) is 141 cm³/mol. The second-order valence-corrected chi connectivity index (χ2v) is 13.6. The van der Waals surface area contributed by atoms with Crippen molar-refractivity contribution in [2.24, 2.45) is 0 Å². The molecule has 0 bridgehead atoms. The van der Waals surface area contributed by atoms with Gasteiger partial charge in [0.15, 0.2) is 24.1 Å². The number of phosphoric ester groups is 1. The van der Waals surface area contributed by atoms with E-state index < -0.39 is 91.7 Å². The third-order valence-corrected chi connectivity index (χ3v) is 9.41. The monoisotopic (exact) mass is 626 g/mol. The SMILES string of the molecule is Cc1cn([C@@H]2O[C@H](CO[P@@]3(=O)O[C@@H]4[C@H]5OC(C)(C)O[C@H]5O[C@@H]4[C@H](c4ccc(F)cc4)O3)[C@H]3OC(C)(C)O[C@H]32)c(=O)[nH]c1=O. The van der Waals surface area contributed by atoms with Gasteiger partial charge in [-0.1, -0.05) is 12.1 Å². The van der Waals surface area contributed by atoms with Crippen LogP contribution in [0.5, 0.6) is 0 Å². The molecule has 16 heteroatoms. The summed E-state index contributed by atoms with van der Waals surface area (Å²) in [6, 6.07) is 5.52. The second-order valence-electron chi connectivity index (χ2n) is 12.1. The molecule has 7 rings (SSSR count). The minimum atomic E-state index is -4.35. The highest BCUT2D eigenvalue weighted by Gasteiger charge is 2.63. The van der Waals surface area contributed by atoms with Crippen molar-refractivity contribution >= 4 is 7.82 Å². The highest BCUT2D eigenvalue weighted by atomic mass is 31.2. The number of ether oxygens (including phenoxy) is 6. The number of aromatic nitrogens is 2. The smallest absolute Gasteiger partial charge is 0.346 e. The van der Waals surface area contributed by atoms with Gasteiger partial charge >= 0.3 is 13.5 Å². The Balaban J connectivity index is 1.15. The zero-order chi connectivity index (χ0) is 30.5.